The number of ether oxygens (including phenoxy) is 1. The number of hydrogen-bond donors (Lipinski definition) is 2. The third-order valence-electron chi connectivity index (χ3n) is 5.05. The largest absolute Gasteiger partial charge is 0.450 e. The van der Waals surface area contributed by atoms with E-state index in [0.717, 1.165) is 19.3 Å². The lowest BCUT2D eigenvalue weighted by atomic mass is 10.1. The maximum Gasteiger partial charge on any atom is 0.407 e. The van der Waals surface area contributed by atoms with E-state index in [4.69, 9.17) is 9.84 Å². The highest BCUT2D eigenvalue weighted by Crippen LogP contribution is 2.08. The van der Waals surface area contributed by atoms with E-state index >= 15 is 0 Å². The van der Waals surface area contributed by atoms with Crippen LogP contribution in [0.4, 0.5) is 4.79 Å². The van der Waals surface area contributed by atoms with Crippen molar-refractivity contribution in [1.29, 1.82) is 0 Å². The number of amides is 1. The van der Waals surface area contributed by atoms with E-state index < -0.39 is 6.09 Å². The molecule has 4 nitrogen and oxygen atoms in total. The third-order valence-corrected chi connectivity index (χ3v) is 5.05. The molecule has 0 aliphatic heterocycles. The Balaban J connectivity index is 0. The second kappa shape index (κ2) is 25.0. The van der Waals surface area contributed by atoms with Gasteiger partial charge in [-0.15, -0.1) is 6.58 Å². The minimum atomic E-state index is -0.427. The Kier molecular flexibility index (Phi) is 26.0. The van der Waals surface area contributed by atoms with Gasteiger partial charge in [-0.05, 0) is 25.2 Å². The number of rotatable bonds is 18. The van der Waals surface area contributed by atoms with Crippen LogP contribution >= 0.6 is 0 Å². The van der Waals surface area contributed by atoms with E-state index in [1.807, 2.05) is 19.9 Å². The van der Waals surface area contributed by atoms with Gasteiger partial charge in [-0.3, -0.25) is 0 Å². The maximum atomic E-state index is 11.5. The van der Waals surface area contributed by atoms with Gasteiger partial charge in [-0.1, -0.05) is 104 Å². The molecule has 0 aromatic rings. The quantitative estimate of drug-likeness (QED) is 0.182. The van der Waals surface area contributed by atoms with Crippen LogP contribution in [0.2, 0.25) is 0 Å². The number of unbranched alkanes of at least 4 members (excludes halogenated alkanes) is 12. The van der Waals surface area contributed by atoms with Crippen LogP contribution in [0.1, 0.15) is 118 Å². The van der Waals surface area contributed by atoms with Crippen LogP contribution in [0, 0.1) is 5.92 Å². The number of hydrogen-bond acceptors (Lipinski definition) is 3. The fraction of sp³-hybridized carbons (Fsp3) is 0.880. The first-order valence-electron chi connectivity index (χ1n) is 12.2. The average molecular weight is 414 g/mol. The lowest BCUT2D eigenvalue weighted by molar-refractivity contribution is 0.127. The van der Waals surface area contributed by atoms with Crippen LogP contribution in [0.15, 0.2) is 12.7 Å². The first kappa shape index (κ1) is 30.2. The standard InChI is InChI=1S/C16H31NO3.C9H20/c1-4-5-6-7-8-9-10-11-12-20-16(19)17-15(13-18)14(2)3;1-3-5-7-9-8-6-4-2/h4,14-15,18H,1,5-13H2,2-3H3,(H,17,19);3-9H2,1-2H3/t15-;/m1./s1. The molecule has 0 unspecified atom stereocenters. The van der Waals surface area contributed by atoms with Crippen molar-refractivity contribution < 1.29 is 14.6 Å². The van der Waals surface area contributed by atoms with E-state index in [1.165, 1.54) is 70.6 Å². The topological polar surface area (TPSA) is 58.6 Å². The molecule has 0 heterocycles. The summed E-state index contributed by atoms with van der Waals surface area (Å²) in [5.74, 6) is 0.197. The molecule has 0 bridgehead atoms. The predicted octanol–water partition coefficient (Wildman–Crippen LogP) is 7.40. The number of carbonyl (C=O) groups is 1. The zero-order chi connectivity index (χ0) is 22.2. The second-order valence-corrected chi connectivity index (χ2v) is 8.28. The lowest BCUT2D eigenvalue weighted by Gasteiger charge is -2.19. The second-order valence-electron chi connectivity index (χ2n) is 8.28. The Bertz CT molecular complexity index is 339. The number of allylic oxidation sites excluding steroid dienone is 1. The third kappa shape index (κ3) is 24.9. The summed E-state index contributed by atoms with van der Waals surface area (Å²) in [7, 11) is 0. The number of aliphatic hydroxyl groups excluding tert-OH is 1. The van der Waals surface area contributed by atoms with Gasteiger partial charge in [0.25, 0.3) is 0 Å². The molecule has 0 radical (unpaired) electrons. The zero-order valence-electron chi connectivity index (χ0n) is 20.0. The summed E-state index contributed by atoms with van der Waals surface area (Å²) in [5.41, 5.74) is 0. The molecule has 4 heteroatoms. The van der Waals surface area contributed by atoms with E-state index in [1.54, 1.807) is 0 Å². The summed E-state index contributed by atoms with van der Waals surface area (Å²) in [6.07, 6.45) is 19.5. The SMILES string of the molecule is C=CCCCCCCCCOC(=O)N[C@H](CO)C(C)C.CCCCCCCCC. The normalized spacial score (nSPS) is 11.5. The Hall–Kier alpha value is -1.03. The van der Waals surface area contributed by atoms with Crippen molar-refractivity contribution in [2.45, 2.75) is 124 Å². The smallest absolute Gasteiger partial charge is 0.407 e. The van der Waals surface area contributed by atoms with Gasteiger partial charge in [-0.2, -0.15) is 0 Å². The van der Waals surface area contributed by atoms with Gasteiger partial charge < -0.3 is 15.2 Å². The van der Waals surface area contributed by atoms with E-state index in [-0.39, 0.29) is 18.6 Å². The van der Waals surface area contributed by atoms with Gasteiger partial charge in [0.2, 0.25) is 0 Å². The summed E-state index contributed by atoms with van der Waals surface area (Å²) in [4.78, 5) is 11.5. The summed E-state index contributed by atoms with van der Waals surface area (Å²) in [6.45, 7) is 12.5. The van der Waals surface area contributed by atoms with Crippen LogP contribution in [0.25, 0.3) is 0 Å². The van der Waals surface area contributed by atoms with E-state index in [9.17, 15) is 4.79 Å². The summed E-state index contributed by atoms with van der Waals surface area (Å²) in [6, 6.07) is -0.229. The Morgan fingerprint density at radius 1 is 0.897 bits per heavy atom. The van der Waals surface area contributed by atoms with Crippen molar-refractivity contribution in [3.8, 4) is 0 Å². The maximum absolute atomic E-state index is 11.5. The average Bonchev–Trinajstić information content (AvgIpc) is 2.71. The Morgan fingerprint density at radius 2 is 1.38 bits per heavy atom. The highest BCUT2D eigenvalue weighted by atomic mass is 16.5. The molecule has 29 heavy (non-hydrogen) atoms. The van der Waals surface area contributed by atoms with Gasteiger partial charge in [0.15, 0.2) is 0 Å². The van der Waals surface area contributed by atoms with Gasteiger partial charge in [0, 0.05) is 0 Å². The van der Waals surface area contributed by atoms with Crippen molar-refractivity contribution in [3.05, 3.63) is 12.7 Å². The van der Waals surface area contributed by atoms with E-state index in [0.29, 0.717) is 6.61 Å². The van der Waals surface area contributed by atoms with Gasteiger partial charge in [0.05, 0.1) is 19.3 Å². The molecule has 0 aliphatic carbocycles. The van der Waals surface area contributed by atoms with Gasteiger partial charge in [0.1, 0.15) is 0 Å². The highest BCUT2D eigenvalue weighted by Gasteiger charge is 2.15. The molecule has 0 saturated heterocycles. The van der Waals surface area contributed by atoms with Crippen molar-refractivity contribution >= 4 is 6.09 Å². The molecule has 174 valence electrons. The molecular weight excluding hydrogens is 362 g/mol. The molecule has 0 saturated carbocycles. The van der Waals surface area contributed by atoms with Crippen molar-refractivity contribution in [3.63, 3.8) is 0 Å². The molecule has 0 spiro atoms. The Morgan fingerprint density at radius 3 is 1.83 bits per heavy atom. The predicted molar refractivity (Wildman–Crippen MR) is 126 cm³/mol. The number of aliphatic hydroxyl groups is 1. The summed E-state index contributed by atoms with van der Waals surface area (Å²) < 4.78 is 5.10. The molecule has 0 rings (SSSR count). The highest BCUT2D eigenvalue weighted by molar-refractivity contribution is 5.67. The van der Waals surface area contributed by atoms with Crippen LogP contribution in [-0.2, 0) is 4.74 Å². The van der Waals surface area contributed by atoms with Crippen molar-refractivity contribution in [2.24, 2.45) is 5.92 Å². The molecular formula is C25H51NO3. The van der Waals surface area contributed by atoms with Gasteiger partial charge in [-0.25, -0.2) is 4.79 Å². The number of alkyl carbamates (subject to hydrolysis) is 1. The lowest BCUT2D eigenvalue weighted by Crippen LogP contribution is -2.41. The molecule has 0 aliphatic rings. The fourth-order valence-corrected chi connectivity index (χ4v) is 2.91. The summed E-state index contributed by atoms with van der Waals surface area (Å²) in [5, 5.41) is 11.8. The molecule has 0 fully saturated rings. The first-order valence-corrected chi connectivity index (χ1v) is 12.2. The van der Waals surface area contributed by atoms with Crippen LogP contribution < -0.4 is 5.32 Å². The molecule has 2 N–H and O–H groups in total. The Labute approximate surface area is 181 Å². The summed E-state index contributed by atoms with van der Waals surface area (Å²) >= 11 is 0. The van der Waals surface area contributed by atoms with Crippen LogP contribution in [0.5, 0.6) is 0 Å². The van der Waals surface area contributed by atoms with Crippen molar-refractivity contribution in [1.82, 2.24) is 5.32 Å². The zero-order valence-corrected chi connectivity index (χ0v) is 20.0. The fourth-order valence-electron chi connectivity index (χ4n) is 2.91. The molecule has 1 amide bonds. The van der Waals surface area contributed by atoms with Crippen LogP contribution in [0.3, 0.4) is 0 Å². The van der Waals surface area contributed by atoms with Crippen LogP contribution in [-0.4, -0.2) is 30.5 Å². The molecule has 1 atom stereocenters. The van der Waals surface area contributed by atoms with E-state index in [2.05, 4.69) is 25.7 Å². The minimum Gasteiger partial charge on any atom is -0.450 e. The number of nitrogens with one attached hydrogen (secondary N) is 1. The molecule has 0 aromatic carbocycles. The van der Waals surface area contributed by atoms with Crippen molar-refractivity contribution in [2.75, 3.05) is 13.2 Å². The first-order chi connectivity index (χ1) is 14.0. The monoisotopic (exact) mass is 413 g/mol. The minimum absolute atomic E-state index is 0.0581. The van der Waals surface area contributed by atoms with Gasteiger partial charge >= 0.3 is 6.09 Å². The molecule has 0 aromatic heterocycles. The number of carbonyl (C=O) groups excluding carboxylic acids is 1.